The molecule has 0 radical (unpaired) electrons. The summed E-state index contributed by atoms with van der Waals surface area (Å²) in [6.07, 6.45) is -0.0972. The zero-order valence-corrected chi connectivity index (χ0v) is 8.62. The van der Waals surface area contributed by atoms with Gasteiger partial charge in [0.05, 0.1) is 6.10 Å². The van der Waals surface area contributed by atoms with Crippen LogP contribution < -0.4 is 0 Å². The Morgan fingerprint density at radius 3 is 1.92 bits per heavy atom. The number of hydrogen-bond acceptors (Lipinski definition) is 2. The van der Waals surface area contributed by atoms with Crippen LogP contribution in [0.2, 0.25) is 0 Å². The van der Waals surface area contributed by atoms with Gasteiger partial charge in [-0.15, -0.1) is 0 Å². The van der Waals surface area contributed by atoms with Crippen LogP contribution in [-0.2, 0) is 0 Å². The van der Waals surface area contributed by atoms with Crippen LogP contribution in [0.15, 0.2) is 0 Å². The van der Waals surface area contributed by atoms with Crippen molar-refractivity contribution in [3.63, 3.8) is 0 Å². The Labute approximate surface area is 75.6 Å². The highest BCUT2D eigenvalue weighted by molar-refractivity contribution is 4.83. The van der Waals surface area contributed by atoms with Crippen molar-refractivity contribution in [2.75, 3.05) is 13.1 Å². The second kappa shape index (κ2) is 3.75. The zero-order valence-electron chi connectivity index (χ0n) is 8.62. The molecule has 1 aliphatic heterocycles. The van der Waals surface area contributed by atoms with E-state index in [1.165, 1.54) is 0 Å². The summed E-state index contributed by atoms with van der Waals surface area (Å²) in [7, 11) is 0. The number of aliphatic hydroxyl groups excluding tert-OH is 1. The minimum Gasteiger partial charge on any atom is -0.392 e. The molecule has 0 amide bonds. The fraction of sp³-hybridized carbons (Fsp3) is 1.00. The molecule has 12 heavy (non-hydrogen) atoms. The predicted molar refractivity (Wildman–Crippen MR) is 51.0 cm³/mol. The van der Waals surface area contributed by atoms with Gasteiger partial charge < -0.3 is 10.0 Å². The quantitative estimate of drug-likeness (QED) is 0.643. The van der Waals surface area contributed by atoms with Gasteiger partial charge in [0, 0.05) is 19.1 Å². The molecule has 1 fully saturated rings. The normalized spacial score (nSPS) is 39.0. The number of piperidine rings is 1. The van der Waals surface area contributed by atoms with Crippen LogP contribution in [0.25, 0.3) is 0 Å². The molecule has 2 heteroatoms. The van der Waals surface area contributed by atoms with E-state index in [0.717, 1.165) is 13.1 Å². The maximum absolute atomic E-state index is 9.72. The summed E-state index contributed by atoms with van der Waals surface area (Å²) in [4.78, 5) is 2.45. The van der Waals surface area contributed by atoms with E-state index in [9.17, 15) is 5.11 Å². The van der Waals surface area contributed by atoms with Crippen LogP contribution in [-0.4, -0.2) is 35.2 Å². The van der Waals surface area contributed by atoms with Crippen LogP contribution >= 0.6 is 0 Å². The highest BCUT2D eigenvalue weighted by Gasteiger charge is 2.30. The Kier molecular flexibility index (Phi) is 3.13. The van der Waals surface area contributed by atoms with E-state index in [-0.39, 0.29) is 6.10 Å². The van der Waals surface area contributed by atoms with Crippen molar-refractivity contribution in [3.8, 4) is 0 Å². The summed E-state index contributed by atoms with van der Waals surface area (Å²) >= 11 is 0. The smallest absolute Gasteiger partial charge is 0.0615 e. The summed E-state index contributed by atoms with van der Waals surface area (Å²) in [5.74, 6) is 0.854. The Morgan fingerprint density at radius 1 is 1.17 bits per heavy atom. The highest BCUT2D eigenvalue weighted by Crippen LogP contribution is 2.22. The first kappa shape index (κ1) is 10.0. The summed E-state index contributed by atoms with van der Waals surface area (Å²) in [6.45, 7) is 10.8. The fourth-order valence-electron chi connectivity index (χ4n) is 2.01. The molecule has 0 saturated carbocycles. The van der Waals surface area contributed by atoms with Crippen LogP contribution in [0.3, 0.4) is 0 Å². The van der Waals surface area contributed by atoms with Crippen molar-refractivity contribution in [1.82, 2.24) is 4.90 Å². The van der Waals surface area contributed by atoms with Crippen molar-refractivity contribution >= 4 is 0 Å². The first-order chi connectivity index (χ1) is 5.52. The number of nitrogens with zero attached hydrogens (tertiary/aromatic N) is 1. The third-order valence-corrected chi connectivity index (χ3v) is 2.94. The lowest BCUT2D eigenvalue weighted by Gasteiger charge is -2.40. The summed E-state index contributed by atoms with van der Waals surface area (Å²) in [5.41, 5.74) is 0. The lowest BCUT2D eigenvalue weighted by molar-refractivity contribution is -0.0180. The van der Waals surface area contributed by atoms with Gasteiger partial charge in [0.2, 0.25) is 0 Å². The molecule has 72 valence electrons. The molecule has 1 heterocycles. The fourth-order valence-corrected chi connectivity index (χ4v) is 2.01. The molecule has 0 aromatic carbocycles. The summed E-state index contributed by atoms with van der Waals surface area (Å²) in [6, 6.07) is 0.613. The molecule has 1 aliphatic rings. The van der Waals surface area contributed by atoms with Gasteiger partial charge in [-0.2, -0.15) is 0 Å². The topological polar surface area (TPSA) is 23.5 Å². The molecule has 1 saturated heterocycles. The van der Waals surface area contributed by atoms with Gasteiger partial charge in [-0.1, -0.05) is 13.8 Å². The maximum atomic E-state index is 9.72. The van der Waals surface area contributed by atoms with Crippen molar-refractivity contribution < 1.29 is 5.11 Å². The van der Waals surface area contributed by atoms with E-state index < -0.39 is 0 Å². The first-order valence-electron chi connectivity index (χ1n) is 4.94. The average molecular weight is 171 g/mol. The molecule has 0 aliphatic carbocycles. The van der Waals surface area contributed by atoms with E-state index in [4.69, 9.17) is 0 Å². The molecule has 0 aromatic rings. The lowest BCUT2D eigenvalue weighted by Crippen LogP contribution is -2.49. The second-order valence-electron chi connectivity index (χ2n) is 4.49. The maximum Gasteiger partial charge on any atom is 0.0615 e. The number of likely N-dealkylation sites (tertiary alicyclic amines) is 1. The van der Waals surface area contributed by atoms with Crippen molar-refractivity contribution in [2.45, 2.75) is 39.8 Å². The van der Waals surface area contributed by atoms with E-state index in [1.54, 1.807) is 0 Å². The standard InChI is InChI=1S/C10H21NO/c1-7(2)11-5-8(3)10(12)9(4)6-11/h7-10,12H,5-6H2,1-4H3. The molecule has 0 spiro atoms. The minimum absolute atomic E-state index is 0.0972. The van der Waals surface area contributed by atoms with Gasteiger partial charge in [0.1, 0.15) is 0 Å². The van der Waals surface area contributed by atoms with Crippen LogP contribution in [0, 0.1) is 11.8 Å². The largest absolute Gasteiger partial charge is 0.392 e. The number of rotatable bonds is 1. The predicted octanol–water partition coefficient (Wildman–Crippen LogP) is 1.34. The van der Waals surface area contributed by atoms with Gasteiger partial charge in [-0.05, 0) is 25.7 Å². The van der Waals surface area contributed by atoms with Gasteiger partial charge >= 0.3 is 0 Å². The number of aliphatic hydroxyl groups is 1. The zero-order chi connectivity index (χ0) is 9.30. The molecule has 2 unspecified atom stereocenters. The molecule has 2 nitrogen and oxygen atoms in total. The molecule has 2 atom stereocenters. The van der Waals surface area contributed by atoms with Gasteiger partial charge in [-0.25, -0.2) is 0 Å². The van der Waals surface area contributed by atoms with Crippen LogP contribution in [0.1, 0.15) is 27.7 Å². The molecular formula is C10H21NO. The molecule has 0 bridgehead atoms. The molecule has 1 N–H and O–H groups in total. The Morgan fingerprint density at radius 2 is 1.58 bits per heavy atom. The molecule has 0 aromatic heterocycles. The average Bonchev–Trinajstić information content (AvgIpc) is 1.99. The Bertz CT molecular complexity index is 135. The molecule has 1 rings (SSSR count). The third kappa shape index (κ3) is 1.99. The van der Waals surface area contributed by atoms with Crippen molar-refractivity contribution in [1.29, 1.82) is 0 Å². The van der Waals surface area contributed by atoms with Crippen molar-refractivity contribution in [3.05, 3.63) is 0 Å². The summed E-state index contributed by atoms with van der Waals surface area (Å²) in [5, 5.41) is 9.72. The van der Waals surface area contributed by atoms with Crippen molar-refractivity contribution in [2.24, 2.45) is 11.8 Å². The van der Waals surface area contributed by atoms with Gasteiger partial charge in [0.25, 0.3) is 0 Å². The third-order valence-electron chi connectivity index (χ3n) is 2.94. The lowest BCUT2D eigenvalue weighted by atomic mass is 9.88. The summed E-state index contributed by atoms with van der Waals surface area (Å²) < 4.78 is 0. The number of hydrogen-bond donors (Lipinski definition) is 1. The Hall–Kier alpha value is -0.0800. The highest BCUT2D eigenvalue weighted by atomic mass is 16.3. The van der Waals surface area contributed by atoms with Gasteiger partial charge in [0.15, 0.2) is 0 Å². The first-order valence-corrected chi connectivity index (χ1v) is 4.94. The molecular weight excluding hydrogens is 150 g/mol. The second-order valence-corrected chi connectivity index (χ2v) is 4.49. The van der Waals surface area contributed by atoms with E-state index in [1.807, 2.05) is 0 Å². The SMILES string of the molecule is CC1CN(C(C)C)CC(C)C1O. The van der Waals surface area contributed by atoms with E-state index in [2.05, 4.69) is 32.6 Å². The van der Waals surface area contributed by atoms with Gasteiger partial charge in [-0.3, -0.25) is 0 Å². The Balaban J connectivity index is 2.53. The van der Waals surface area contributed by atoms with E-state index in [0.29, 0.717) is 17.9 Å². The van der Waals surface area contributed by atoms with Crippen LogP contribution in [0.5, 0.6) is 0 Å². The monoisotopic (exact) mass is 171 g/mol. The van der Waals surface area contributed by atoms with E-state index >= 15 is 0 Å². The van der Waals surface area contributed by atoms with Crippen LogP contribution in [0.4, 0.5) is 0 Å². The minimum atomic E-state index is -0.0972.